The van der Waals surface area contributed by atoms with Crippen LogP contribution in [0.3, 0.4) is 0 Å². The summed E-state index contributed by atoms with van der Waals surface area (Å²) in [7, 11) is 0. The fourth-order valence-corrected chi connectivity index (χ4v) is 3.63. The number of anilines is 3. The van der Waals surface area contributed by atoms with Gasteiger partial charge in [-0.15, -0.1) is 0 Å². The average molecular weight is 416 g/mol. The van der Waals surface area contributed by atoms with Crippen LogP contribution in [0.4, 0.5) is 22.0 Å². The van der Waals surface area contributed by atoms with Crippen LogP contribution in [0.2, 0.25) is 5.02 Å². The molecule has 152 valence electrons. The molecule has 29 heavy (non-hydrogen) atoms. The molecule has 7 nitrogen and oxygen atoms in total. The van der Waals surface area contributed by atoms with E-state index in [1.54, 1.807) is 30.5 Å². The number of hydrogen-bond donors (Lipinski definition) is 3. The number of piperidine rings is 1. The third kappa shape index (κ3) is 5.02. The number of likely N-dealkylation sites (tertiary alicyclic amines) is 1. The van der Waals surface area contributed by atoms with Gasteiger partial charge in [0.2, 0.25) is 5.95 Å². The summed E-state index contributed by atoms with van der Waals surface area (Å²) in [6.07, 6.45) is 3.58. The van der Waals surface area contributed by atoms with E-state index in [1.165, 1.54) is 0 Å². The number of nitrogens with one attached hydrogen (secondary N) is 3. The molecule has 1 aromatic carbocycles. The zero-order chi connectivity index (χ0) is 20.2. The molecule has 0 spiro atoms. The van der Waals surface area contributed by atoms with E-state index in [-0.39, 0.29) is 16.9 Å². The summed E-state index contributed by atoms with van der Waals surface area (Å²) in [4.78, 5) is 11.1. The minimum Gasteiger partial charge on any atom is -0.351 e. The lowest BCUT2D eigenvalue weighted by Gasteiger charge is -2.32. The summed E-state index contributed by atoms with van der Waals surface area (Å²) in [5, 5.41) is 13.8. The first kappa shape index (κ1) is 19.6. The Morgan fingerprint density at radius 1 is 1.24 bits per heavy atom. The maximum absolute atomic E-state index is 14.1. The predicted molar refractivity (Wildman–Crippen MR) is 112 cm³/mol. The van der Waals surface area contributed by atoms with Gasteiger partial charge in [0.25, 0.3) is 0 Å². The van der Waals surface area contributed by atoms with Crippen molar-refractivity contribution in [3.05, 3.63) is 58.6 Å². The molecule has 3 heterocycles. The number of H-pyrrole nitrogens is 1. The van der Waals surface area contributed by atoms with Crippen molar-refractivity contribution in [1.82, 2.24) is 25.1 Å². The van der Waals surface area contributed by atoms with Crippen LogP contribution in [0, 0.1) is 12.7 Å². The summed E-state index contributed by atoms with van der Waals surface area (Å²) in [6, 6.07) is 9.15. The summed E-state index contributed by atoms with van der Waals surface area (Å²) >= 11 is 5.88. The van der Waals surface area contributed by atoms with E-state index in [2.05, 4.69) is 35.7 Å². The molecule has 0 saturated carbocycles. The highest BCUT2D eigenvalue weighted by atomic mass is 35.5. The monoisotopic (exact) mass is 415 g/mol. The van der Waals surface area contributed by atoms with Crippen LogP contribution in [0.25, 0.3) is 0 Å². The van der Waals surface area contributed by atoms with Crippen LogP contribution in [0.1, 0.15) is 24.1 Å². The van der Waals surface area contributed by atoms with Crippen molar-refractivity contribution in [1.29, 1.82) is 0 Å². The van der Waals surface area contributed by atoms with Crippen molar-refractivity contribution in [3.8, 4) is 0 Å². The normalized spacial score (nSPS) is 15.4. The van der Waals surface area contributed by atoms with Crippen LogP contribution in [-0.4, -0.2) is 44.2 Å². The number of benzene rings is 1. The molecule has 4 rings (SSSR count). The maximum Gasteiger partial charge on any atom is 0.224 e. The van der Waals surface area contributed by atoms with E-state index in [0.29, 0.717) is 29.7 Å². The number of aromatic nitrogens is 4. The number of hydrogen-bond acceptors (Lipinski definition) is 6. The first-order valence-corrected chi connectivity index (χ1v) is 9.98. The summed E-state index contributed by atoms with van der Waals surface area (Å²) < 4.78 is 14.1. The van der Waals surface area contributed by atoms with Gasteiger partial charge in [0.15, 0.2) is 5.82 Å². The van der Waals surface area contributed by atoms with Crippen LogP contribution in [0.5, 0.6) is 0 Å². The Hall–Kier alpha value is -2.71. The topological polar surface area (TPSA) is 81.8 Å². The fourth-order valence-electron chi connectivity index (χ4n) is 3.44. The molecule has 0 aliphatic carbocycles. The minimum atomic E-state index is -0.320. The molecule has 0 unspecified atom stereocenters. The van der Waals surface area contributed by atoms with Gasteiger partial charge in [0.1, 0.15) is 11.6 Å². The summed E-state index contributed by atoms with van der Waals surface area (Å²) in [5.41, 5.74) is 1.61. The van der Waals surface area contributed by atoms with Gasteiger partial charge < -0.3 is 10.6 Å². The van der Waals surface area contributed by atoms with Crippen LogP contribution in [0.15, 0.2) is 36.5 Å². The highest BCUT2D eigenvalue weighted by Crippen LogP contribution is 2.22. The molecular weight excluding hydrogens is 393 g/mol. The van der Waals surface area contributed by atoms with Crippen LogP contribution >= 0.6 is 11.6 Å². The van der Waals surface area contributed by atoms with Crippen LogP contribution in [-0.2, 0) is 6.54 Å². The summed E-state index contributed by atoms with van der Waals surface area (Å²) in [5.74, 6) is 1.66. The molecule has 3 aromatic rings. The van der Waals surface area contributed by atoms with E-state index < -0.39 is 0 Å². The molecule has 0 amide bonds. The third-order valence-corrected chi connectivity index (χ3v) is 5.26. The second kappa shape index (κ2) is 8.75. The molecule has 1 fully saturated rings. The quantitative estimate of drug-likeness (QED) is 0.561. The van der Waals surface area contributed by atoms with Crippen molar-refractivity contribution < 1.29 is 4.39 Å². The Bertz CT molecular complexity index is 969. The Morgan fingerprint density at radius 2 is 2.07 bits per heavy atom. The molecule has 1 saturated heterocycles. The average Bonchev–Trinajstić information content (AvgIpc) is 3.12. The maximum atomic E-state index is 14.1. The van der Waals surface area contributed by atoms with E-state index in [0.717, 1.165) is 31.6 Å². The van der Waals surface area contributed by atoms with Gasteiger partial charge in [-0.25, -0.2) is 9.37 Å². The molecule has 1 aliphatic heterocycles. The Balaban J connectivity index is 1.30. The van der Waals surface area contributed by atoms with Gasteiger partial charge in [-0.05, 0) is 31.9 Å². The highest BCUT2D eigenvalue weighted by Gasteiger charge is 2.21. The molecule has 0 atom stereocenters. The minimum absolute atomic E-state index is 0.176. The van der Waals surface area contributed by atoms with Crippen molar-refractivity contribution in [3.63, 3.8) is 0 Å². The molecular formula is C20H23ClFN7. The fraction of sp³-hybridized carbons (Fsp3) is 0.350. The first-order valence-electron chi connectivity index (χ1n) is 9.60. The number of aryl methyl sites for hydroxylation is 1. The lowest BCUT2D eigenvalue weighted by Crippen LogP contribution is -2.39. The number of halogens is 2. The second-order valence-corrected chi connectivity index (χ2v) is 7.64. The van der Waals surface area contributed by atoms with Crippen molar-refractivity contribution in [2.24, 2.45) is 0 Å². The lowest BCUT2D eigenvalue weighted by molar-refractivity contribution is 0.208. The third-order valence-electron chi connectivity index (χ3n) is 4.96. The van der Waals surface area contributed by atoms with E-state index in [9.17, 15) is 4.39 Å². The molecule has 3 N–H and O–H groups in total. The summed E-state index contributed by atoms with van der Waals surface area (Å²) in [6.45, 7) is 4.25. The zero-order valence-electron chi connectivity index (χ0n) is 16.1. The first-order chi connectivity index (χ1) is 14.1. The molecule has 2 aromatic heterocycles. The van der Waals surface area contributed by atoms with E-state index >= 15 is 0 Å². The van der Waals surface area contributed by atoms with Gasteiger partial charge >= 0.3 is 0 Å². The Morgan fingerprint density at radius 3 is 2.83 bits per heavy atom. The predicted octanol–water partition coefficient (Wildman–Crippen LogP) is 4.12. The Kier molecular flexibility index (Phi) is 5.92. The van der Waals surface area contributed by atoms with Crippen molar-refractivity contribution in [2.45, 2.75) is 32.4 Å². The molecule has 9 heteroatoms. The molecule has 0 bridgehead atoms. The van der Waals surface area contributed by atoms with Gasteiger partial charge in [-0.3, -0.25) is 10.00 Å². The zero-order valence-corrected chi connectivity index (χ0v) is 16.9. The SMILES string of the molecule is Cc1cc(Nc2ccnc(NC3CCN(Cc4cccc(Cl)c4F)CC3)n2)n[nH]1. The largest absolute Gasteiger partial charge is 0.351 e. The Labute approximate surface area is 173 Å². The second-order valence-electron chi connectivity index (χ2n) is 7.23. The van der Waals surface area contributed by atoms with Crippen molar-refractivity contribution >= 4 is 29.2 Å². The standard InChI is InChI=1S/C20H23ClFN7/c1-13-11-18(28-27-13)25-17-5-8-23-20(26-17)24-15-6-9-29(10-7-15)12-14-3-2-4-16(21)19(14)22/h2-5,8,11,15H,6-7,9-10,12H2,1H3,(H3,23,24,25,26,27,28). The number of rotatable bonds is 6. The smallest absolute Gasteiger partial charge is 0.224 e. The van der Waals surface area contributed by atoms with E-state index in [1.807, 2.05) is 13.0 Å². The van der Waals surface area contributed by atoms with Gasteiger partial charge in [-0.1, -0.05) is 23.7 Å². The van der Waals surface area contributed by atoms with Crippen LogP contribution < -0.4 is 10.6 Å². The molecule has 0 radical (unpaired) electrons. The van der Waals surface area contributed by atoms with Gasteiger partial charge in [-0.2, -0.15) is 10.1 Å². The number of aromatic amines is 1. The lowest BCUT2D eigenvalue weighted by atomic mass is 10.0. The van der Waals surface area contributed by atoms with Gasteiger partial charge in [0.05, 0.1) is 5.02 Å². The number of nitrogens with zero attached hydrogens (tertiary/aromatic N) is 4. The van der Waals surface area contributed by atoms with Crippen molar-refractivity contribution in [2.75, 3.05) is 23.7 Å². The van der Waals surface area contributed by atoms with Gasteiger partial charge in [0, 0.05) is 49.2 Å². The van der Waals surface area contributed by atoms with E-state index in [4.69, 9.17) is 11.6 Å². The highest BCUT2D eigenvalue weighted by molar-refractivity contribution is 6.30. The molecule has 1 aliphatic rings.